The van der Waals surface area contributed by atoms with Crippen LogP contribution in [0, 0.1) is 26.7 Å². The Balaban J connectivity index is 1.76. The first kappa shape index (κ1) is 18.7. The minimum atomic E-state index is 0.180. The molecule has 1 aromatic heterocycles. The van der Waals surface area contributed by atoms with Crippen molar-refractivity contribution in [1.82, 2.24) is 14.8 Å². The predicted molar refractivity (Wildman–Crippen MR) is 107 cm³/mol. The highest BCUT2D eigenvalue weighted by Crippen LogP contribution is 2.25. The summed E-state index contributed by atoms with van der Waals surface area (Å²) in [6, 6.07) is 10.5. The molecule has 1 aromatic carbocycles. The van der Waals surface area contributed by atoms with Gasteiger partial charge in [-0.05, 0) is 76.4 Å². The molecule has 0 spiro atoms. The summed E-state index contributed by atoms with van der Waals surface area (Å²) < 4.78 is 2.19. The number of rotatable bonds is 5. The van der Waals surface area contributed by atoms with Gasteiger partial charge in [0, 0.05) is 30.2 Å². The average Bonchev–Trinajstić information content (AvgIpc) is 2.94. The molecule has 2 aromatic rings. The van der Waals surface area contributed by atoms with Crippen molar-refractivity contribution in [2.24, 2.45) is 5.92 Å². The molecule has 1 saturated heterocycles. The van der Waals surface area contributed by atoms with Crippen molar-refractivity contribution < 1.29 is 4.79 Å². The molecule has 0 aliphatic carbocycles. The molecule has 4 heteroatoms. The molecular weight excluding hydrogens is 322 g/mol. The molecule has 0 saturated carbocycles. The third-order valence-corrected chi connectivity index (χ3v) is 5.51. The molecular formula is C22H31N3O. The van der Waals surface area contributed by atoms with E-state index >= 15 is 0 Å². The molecule has 1 fully saturated rings. The van der Waals surface area contributed by atoms with E-state index in [2.05, 4.69) is 61.8 Å². The quantitative estimate of drug-likeness (QED) is 0.886. The number of carbonyl (C=O) groups excluding carboxylic acids is 1. The van der Waals surface area contributed by atoms with E-state index in [1.54, 1.807) is 0 Å². The minimum Gasteiger partial charge on any atom is -0.339 e. The zero-order chi connectivity index (χ0) is 18.7. The van der Waals surface area contributed by atoms with Crippen molar-refractivity contribution in [3.8, 4) is 5.69 Å². The number of hydrogen-bond acceptors (Lipinski definition) is 2. The summed E-state index contributed by atoms with van der Waals surface area (Å²) in [4.78, 5) is 15.1. The maximum Gasteiger partial charge on any atom is 0.255 e. The van der Waals surface area contributed by atoms with Crippen LogP contribution in [-0.2, 0) is 0 Å². The second-order valence-corrected chi connectivity index (χ2v) is 7.50. The summed E-state index contributed by atoms with van der Waals surface area (Å²) in [5.41, 5.74) is 5.34. The molecule has 26 heavy (non-hydrogen) atoms. The summed E-state index contributed by atoms with van der Waals surface area (Å²) >= 11 is 0. The summed E-state index contributed by atoms with van der Waals surface area (Å²) in [5, 5.41) is 3.43. The Morgan fingerprint density at radius 3 is 2.54 bits per heavy atom. The molecule has 4 nitrogen and oxygen atoms in total. The summed E-state index contributed by atoms with van der Waals surface area (Å²) in [5.74, 6) is 0.873. The van der Waals surface area contributed by atoms with Gasteiger partial charge in [0.15, 0.2) is 0 Å². The van der Waals surface area contributed by atoms with Gasteiger partial charge in [-0.1, -0.05) is 19.1 Å². The topological polar surface area (TPSA) is 37.3 Å². The zero-order valence-electron chi connectivity index (χ0n) is 16.5. The number of nitrogens with one attached hydrogen (secondary N) is 1. The monoisotopic (exact) mass is 353 g/mol. The first-order valence-corrected chi connectivity index (χ1v) is 9.77. The number of amides is 1. The molecule has 2 heterocycles. The fraction of sp³-hybridized carbons (Fsp3) is 0.500. The number of nitrogens with zero attached hydrogens (tertiary/aromatic N) is 2. The van der Waals surface area contributed by atoms with Gasteiger partial charge >= 0.3 is 0 Å². The van der Waals surface area contributed by atoms with Crippen LogP contribution in [0.25, 0.3) is 5.69 Å². The Morgan fingerprint density at radius 2 is 1.88 bits per heavy atom. The van der Waals surface area contributed by atoms with Gasteiger partial charge in [0.25, 0.3) is 5.91 Å². The lowest BCUT2D eigenvalue weighted by Crippen LogP contribution is -2.40. The third-order valence-electron chi connectivity index (χ3n) is 5.51. The normalized spacial score (nSPS) is 15.5. The van der Waals surface area contributed by atoms with E-state index in [0.29, 0.717) is 5.92 Å². The van der Waals surface area contributed by atoms with Crippen LogP contribution in [0.3, 0.4) is 0 Å². The number of hydrogen-bond donors (Lipinski definition) is 1. The number of carbonyl (C=O) groups is 1. The van der Waals surface area contributed by atoms with E-state index in [-0.39, 0.29) is 5.91 Å². The van der Waals surface area contributed by atoms with Crippen LogP contribution in [0.4, 0.5) is 0 Å². The van der Waals surface area contributed by atoms with Gasteiger partial charge < -0.3 is 14.8 Å². The van der Waals surface area contributed by atoms with Crippen LogP contribution in [-0.4, -0.2) is 41.6 Å². The molecule has 0 unspecified atom stereocenters. The van der Waals surface area contributed by atoms with Crippen molar-refractivity contribution in [3.05, 3.63) is 52.8 Å². The summed E-state index contributed by atoms with van der Waals surface area (Å²) in [6.45, 7) is 12.2. The molecule has 1 amide bonds. The fourth-order valence-electron chi connectivity index (χ4n) is 4.00. The third kappa shape index (κ3) is 3.85. The maximum absolute atomic E-state index is 13.1. The highest BCUT2D eigenvalue weighted by Gasteiger charge is 2.26. The number of likely N-dealkylation sites (tertiary alicyclic amines) is 1. The van der Waals surface area contributed by atoms with Crippen LogP contribution in [0.5, 0.6) is 0 Å². The fourth-order valence-corrected chi connectivity index (χ4v) is 4.00. The SMILES string of the molecule is CCNCC1CCN(C(=O)c2cc(C)n(-c3cccc(C)c3)c2C)CC1. The van der Waals surface area contributed by atoms with Crippen molar-refractivity contribution in [3.63, 3.8) is 0 Å². The Hall–Kier alpha value is -2.07. The van der Waals surface area contributed by atoms with Crippen LogP contribution in [0.15, 0.2) is 30.3 Å². The van der Waals surface area contributed by atoms with Gasteiger partial charge in [-0.15, -0.1) is 0 Å². The highest BCUT2D eigenvalue weighted by atomic mass is 16.2. The molecule has 140 valence electrons. The van der Waals surface area contributed by atoms with Crippen molar-refractivity contribution in [1.29, 1.82) is 0 Å². The number of piperidine rings is 1. The Bertz CT molecular complexity index is 770. The first-order chi connectivity index (χ1) is 12.5. The number of benzene rings is 1. The zero-order valence-corrected chi connectivity index (χ0v) is 16.5. The molecule has 1 aliphatic heterocycles. The van der Waals surface area contributed by atoms with E-state index in [9.17, 15) is 4.79 Å². The first-order valence-electron chi connectivity index (χ1n) is 9.77. The van der Waals surface area contributed by atoms with E-state index in [1.807, 2.05) is 11.0 Å². The van der Waals surface area contributed by atoms with Crippen molar-refractivity contribution in [2.45, 2.75) is 40.5 Å². The van der Waals surface area contributed by atoms with E-state index in [4.69, 9.17) is 0 Å². The molecule has 0 atom stereocenters. The maximum atomic E-state index is 13.1. The molecule has 3 rings (SSSR count). The van der Waals surface area contributed by atoms with Gasteiger partial charge in [-0.3, -0.25) is 4.79 Å². The Kier molecular flexibility index (Phi) is 5.82. The van der Waals surface area contributed by atoms with E-state index in [1.165, 1.54) is 5.56 Å². The van der Waals surface area contributed by atoms with Crippen LogP contribution in [0.2, 0.25) is 0 Å². The van der Waals surface area contributed by atoms with Gasteiger partial charge in [0.1, 0.15) is 0 Å². The van der Waals surface area contributed by atoms with Crippen LogP contribution < -0.4 is 5.32 Å². The minimum absolute atomic E-state index is 0.180. The average molecular weight is 354 g/mol. The van der Waals surface area contributed by atoms with Crippen molar-refractivity contribution in [2.75, 3.05) is 26.2 Å². The Labute approximate surface area is 157 Å². The lowest BCUT2D eigenvalue weighted by molar-refractivity contribution is 0.0689. The summed E-state index contributed by atoms with van der Waals surface area (Å²) in [7, 11) is 0. The highest BCUT2D eigenvalue weighted by molar-refractivity contribution is 5.96. The smallest absolute Gasteiger partial charge is 0.255 e. The predicted octanol–water partition coefficient (Wildman–Crippen LogP) is 3.86. The molecule has 1 N–H and O–H groups in total. The van der Waals surface area contributed by atoms with Crippen molar-refractivity contribution >= 4 is 5.91 Å². The van der Waals surface area contributed by atoms with Gasteiger partial charge in [-0.2, -0.15) is 0 Å². The van der Waals surface area contributed by atoms with Gasteiger partial charge in [0.2, 0.25) is 0 Å². The lowest BCUT2D eigenvalue weighted by Gasteiger charge is -2.32. The van der Waals surface area contributed by atoms with E-state index < -0.39 is 0 Å². The second kappa shape index (κ2) is 8.09. The lowest BCUT2D eigenvalue weighted by atomic mass is 9.96. The standard InChI is InChI=1S/C22H31N3O/c1-5-23-15-19-9-11-24(12-10-19)22(26)21-14-17(3)25(18(21)4)20-8-6-7-16(2)13-20/h6-8,13-14,19,23H,5,9-12,15H2,1-4H3. The van der Waals surface area contributed by atoms with E-state index in [0.717, 1.165) is 61.7 Å². The van der Waals surface area contributed by atoms with Gasteiger partial charge in [0.05, 0.1) is 5.56 Å². The molecule has 0 bridgehead atoms. The van der Waals surface area contributed by atoms with Crippen LogP contribution in [0.1, 0.15) is 47.1 Å². The Morgan fingerprint density at radius 1 is 1.15 bits per heavy atom. The number of aromatic nitrogens is 1. The number of aryl methyl sites for hydroxylation is 2. The summed E-state index contributed by atoms with van der Waals surface area (Å²) in [6.07, 6.45) is 2.19. The van der Waals surface area contributed by atoms with Crippen LogP contribution >= 0.6 is 0 Å². The molecule has 1 aliphatic rings. The second-order valence-electron chi connectivity index (χ2n) is 7.50. The largest absolute Gasteiger partial charge is 0.339 e. The van der Waals surface area contributed by atoms with Gasteiger partial charge in [-0.25, -0.2) is 0 Å². The molecule has 0 radical (unpaired) electrons.